The van der Waals surface area contributed by atoms with Crippen molar-refractivity contribution >= 4 is 26.6 Å². The third kappa shape index (κ3) is 1.37. The average molecular weight is 207 g/mol. The lowest BCUT2D eigenvalue weighted by molar-refractivity contribution is -0.144. The zero-order chi connectivity index (χ0) is 7.78. The molecule has 1 saturated carbocycles. The van der Waals surface area contributed by atoms with Crippen molar-refractivity contribution in [1.82, 2.24) is 0 Å². The molecule has 1 fully saturated rings. The molecule has 56 valence electrons. The van der Waals surface area contributed by atoms with Crippen LogP contribution >= 0.6 is 15.9 Å². The highest BCUT2D eigenvalue weighted by atomic mass is 79.9. The molecule has 10 heavy (non-hydrogen) atoms. The van der Waals surface area contributed by atoms with Gasteiger partial charge in [-0.05, 0) is 28.8 Å². The lowest BCUT2D eigenvalue weighted by atomic mass is 10.1. The van der Waals surface area contributed by atoms with Crippen molar-refractivity contribution in [2.24, 2.45) is 5.41 Å². The van der Waals surface area contributed by atoms with Crippen molar-refractivity contribution in [3.8, 4) is 0 Å². The molecule has 0 atom stereocenters. The first kappa shape index (κ1) is 7.72. The number of carboxylic acid groups (broad SMARTS) is 1. The van der Waals surface area contributed by atoms with Gasteiger partial charge in [-0.1, -0.05) is 0 Å². The summed E-state index contributed by atoms with van der Waals surface area (Å²) in [6.07, 6.45) is 1.40. The van der Waals surface area contributed by atoms with E-state index in [0.717, 1.165) is 0 Å². The number of hydrogen-bond donors (Lipinski definition) is 1. The molecule has 0 aromatic rings. The van der Waals surface area contributed by atoms with E-state index in [2.05, 4.69) is 15.9 Å². The van der Waals surface area contributed by atoms with Crippen molar-refractivity contribution in [3.63, 3.8) is 0 Å². The summed E-state index contributed by atoms with van der Waals surface area (Å²) in [6.45, 7) is 0. The minimum atomic E-state index is -0.847. The maximum absolute atomic E-state index is 10.5. The Morgan fingerprint density at radius 3 is 2.10 bits per heavy atom. The van der Waals surface area contributed by atoms with Crippen molar-refractivity contribution in [3.05, 3.63) is 0 Å². The van der Waals surface area contributed by atoms with Crippen LogP contribution in [-0.4, -0.2) is 15.8 Å². The Balaban J connectivity index is 2.53. The molecule has 1 rings (SSSR count). The zero-order valence-corrected chi connectivity index (χ0v) is 6.85. The first-order valence-corrected chi connectivity index (χ1v) is 3.78. The molecule has 1 aliphatic carbocycles. The number of hydrogen-bond acceptors (Lipinski definition) is 2. The number of halogens is 1. The van der Waals surface area contributed by atoms with Gasteiger partial charge < -0.3 is 5.11 Å². The Morgan fingerprint density at radius 2 is 2.00 bits per heavy atom. The molecule has 3 nitrogen and oxygen atoms in total. The minimum absolute atomic E-state index is 0.127. The maximum atomic E-state index is 10.5. The van der Waals surface area contributed by atoms with E-state index in [1.807, 2.05) is 0 Å². The summed E-state index contributed by atoms with van der Waals surface area (Å²) in [5.74, 6) is -0.847. The molecule has 1 aliphatic rings. The molecule has 0 amide bonds. The molecule has 0 aromatic carbocycles. The third-order valence-corrected chi connectivity index (χ3v) is 2.06. The van der Waals surface area contributed by atoms with E-state index in [9.17, 15) is 9.59 Å². The number of rotatable bonds is 3. The summed E-state index contributed by atoms with van der Waals surface area (Å²) in [5.41, 5.74) is -0.708. The normalized spacial score (nSPS) is 20.1. The van der Waals surface area contributed by atoms with Crippen LogP contribution in [0.15, 0.2) is 0 Å². The van der Waals surface area contributed by atoms with E-state index < -0.39 is 11.4 Å². The summed E-state index contributed by atoms with van der Waals surface area (Å²) >= 11 is 2.72. The van der Waals surface area contributed by atoms with Gasteiger partial charge in [0.05, 0.1) is 5.41 Å². The van der Waals surface area contributed by atoms with Crippen LogP contribution in [0.5, 0.6) is 0 Å². The number of carboxylic acids is 1. The summed E-state index contributed by atoms with van der Waals surface area (Å²) in [4.78, 5) is 20.9. The molecule has 0 aromatic heterocycles. The van der Waals surface area contributed by atoms with E-state index in [1.54, 1.807) is 0 Å². The van der Waals surface area contributed by atoms with Crippen LogP contribution in [0, 0.1) is 5.41 Å². The van der Waals surface area contributed by atoms with Gasteiger partial charge in [0.1, 0.15) is 0 Å². The van der Waals surface area contributed by atoms with Crippen LogP contribution in [0.25, 0.3) is 0 Å². The van der Waals surface area contributed by atoms with E-state index >= 15 is 0 Å². The Hall–Kier alpha value is -0.380. The quantitative estimate of drug-likeness (QED) is 0.706. The molecule has 0 saturated heterocycles. The fourth-order valence-corrected chi connectivity index (χ4v) is 1.42. The second kappa shape index (κ2) is 2.34. The largest absolute Gasteiger partial charge is 0.481 e. The predicted molar refractivity (Wildman–Crippen MR) is 37.9 cm³/mol. The fourth-order valence-electron chi connectivity index (χ4n) is 0.883. The summed E-state index contributed by atoms with van der Waals surface area (Å²) < 4.78 is -0.215. The van der Waals surface area contributed by atoms with Crippen LogP contribution < -0.4 is 0 Å². The molecule has 0 unspecified atom stereocenters. The lowest BCUT2D eigenvalue weighted by Crippen LogP contribution is -2.16. The van der Waals surface area contributed by atoms with Crippen LogP contribution in [0.1, 0.15) is 19.3 Å². The third-order valence-electron chi connectivity index (χ3n) is 1.78. The molecule has 4 heteroatoms. The molecule has 0 radical (unpaired) electrons. The smallest absolute Gasteiger partial charge is 0.310 e. The van der Waals surface area contributed by atoms with Crippen LogP contribution in [0.3, 0.4) is 0 Å². The van der Waals surface area contributed by atoms with Gasteiger partial charge in [-0.15, -0.1) is 0 Å². The van der Waals surface area contributed by atoms with Gasteiger partial charge in [0, 0.05) is 6.42 Å². The van der Waals surface area contributed by atoms with Crippen molar-refractivity contribution < 1.29 is 14.7 Å². The standard InChI is InChI=1S/C6H7BrO3/c7-4(8)3-6(1-2-6)5(9)10/h1-3H2,(H,9,10). The van der Waals surface area contributed by atoms with Gasteiger partial charge in [0.25, 0.3) is 0 Å². The molecular weight excluding hydrogens is 200 g/mol. The molecular formula is C6H7BrO3. The summed E-state index contributed by atoms with van der Waals surface area (Å²) in [5, 5.41) is 8.58. The number of aliphatic carboxylic acids is 1. The maximum Gasteiger partial charge on any atom is 0.310 e. The molecule has 0 spiro atoms. The van der Waals surface area contributed by atoms with Gasteiger partial charge in [-0.25, -0.2) is 0 Å². The highest BCUT2D eigenvalue weighted by molar-refractivity contribution is 9.18. The average Bonchev–Trinajstić information content (AvgIpc) is 2.46. The Morgan fingerprint density at radius 1 is 1.50 bits per heavy atom. The Labute approximate surface area is 66.5 Å². The first-order chi connectivity index (χ1) is 4.57. The van der Waals surface area contributed by atoms with Crippen molar-refractivity contribution in [2.75, 3.05) is 0 Å². The van der Waals surface area contributed by atoms with Gasteiger partial charge in [0.2, 0.25) is 0 Å². The lowest BCUT2D eigenvalue weighted by Gasteiger charge is -2.03. The van der Waals surface area contributed by atoms with Crippen molar-refractivity contribution in [1.29, 1.82) is 0 Å². The second-order valence-corrected chi connectivity index (χ2v) is 3.50. The van der Waals surface area contributed by atoms with E-state index in [0.29, 0.717) is 12.8 Å². The van der Waals surface area contributed by atoms with Gasteiger partial charge in [-0.2, -0.15) is 0 Å². The fraction of sp³-hybridized carbons (Fsp3) is 0.667. The molecule has 1 N–H and O–H groups in total. The van der Waals surface area contributed by atoms with Crippen LogP contribution in [-0.2, 0) is 9.59 Å². The topological polar surface area (TPSA) is 54.4 Å². The molecule has 0 bridgehead atoms. The Bertz CT molecular complexity index is 183. The minimum Gasteiger partial charge on any atom is -0.481 e. The molecule has 0 aliphatic heterocycles. The van der Waals surface area contributed by atoms with Gasteiger partial charge in [0.15, 0.2) is 4.69 Å². The first-order valence-electron chi connectivity index (χ1n) is 2.99. The van der Waals surface area contributed by atoms with Gasteiger partial charge >= 0.3 is 5.97 Å². The number of carbonyl (C=O) groups excluding carboxylic acids is 1. The van der Waals surface area contributed by atoms with E-state index in [1.165, 1.54) is 0 Å². The Kier molecular flexibility index (Phi) is 1.81. The highest BCUT2D eigenvalue weighted by Crippen LogP contribution is 2.49. The molecule has 0 heterocycles. The summed E-state index contributed by atoms with van der Waals surface area (Å²) in [6, 6.07) is 0. The van der Waals surface area contributed by atoms with Gasteiger partial charge in [-0.3, -0.25) is 9.59 Å². The van der Waals surface area contributed by atoms with Crippen molar-refractivity contribution in [2.45, 2.75) is 19.3 Å². The monoisotopic (exact) mass is 206 g/mol. The van der Waals surface area contributed by atoms with Crippen LogP contribution in [0.4, 0.5) is 0 Å². The zero-order valence-electron chi connectivity index (χ0n) is 5.26. The highest BCUT2D eigenvalue weighted by Gasteiger charge is 2.51. The SMILES string of the molecule is O=C(Br)CC1(C(=O)O)CC1. The van der Waals surface area contributed by atoms with Crippen LogP contribution in [0.2, 0.25) is 0 Å². The number of carbonyl (C=O) groups is 2. The predicted octanol–water partition coefficient (Wildman–Crippen LogP) is 1.16. The van der Waals surface area contributed by atoms with E-state index in [-0.39, 0.29) is 11.1 Å². The van der Waals surface area contributed by atoms with E-state index in [4.69, 9.17) is 5.11 Å². The second-order valence-electron chi connectivity index (χ2n) is 2.62. The summed E-state index contributed by atoms with van der Waals surface area (Å²) in [7, 11) is 0.